The van der Waals surface area contributed by atoms with Crippen LogP contribution in [0, 0.1) is 5.41 Å². The van der Waals surface area contributed by atoms with Gasteiger partial charge in [-0.15, -0.1) is 0 Å². The standard InChI is InChI=1S/C21H31N3O2/c1-16(2)18-7-5-17(6-8-18)13-24-11-4-9-21(20(24)26)10-12-23(15-21)14-19(25)22-3/h5-8,16H,4,9-15H2,1-3H3,(H,22,25)/t21-/m0/s1. The molecule has 5 nitrogen and oxygen atoms in total. The minimum Gasteiger partial charge on any atom is -0.358 e. The van der Waals surface area contributed by atoms with Crippen LogP contribution < -0.4 is 5.32 Å². The summed E-state index contributed by atoms with van der Waals surface area (Å²) in [6, 6.07) is 8.64. The summed E-state index contributed by atoms with van der Waals surface area (Å²) in [5.41, 5.74) is 2.24. The first-order valence-corrected chi connectivity index (χ1v) is 9.75. The van der Waals surface area contributed by atoms with Crippen LogP contribution in [0.3, 0.4) is 0 Å². The Morgan fingerprint density at radius 3 is 2.58 bits per heavy atom. The van der Waals surface area contributed by atoms with Crippen molar-refractivity contribution in [2.75, 3.05) is 33.2 Å². The van der Waals surface area contributed by atoms with Gasteiger partial charge in [0, 0.05) is 26.7 Å². The summed E-state index contributed by atoms with van der Waals surface area (Å²) in [7, 11) is 1.66. The van der Waals surface area contributed by atoms with E-state index in [1.54, 1.807) is 7.05 Å². The molecule has 2 heterocycles. The minimum absolute atomic E-state index is 0.0207. The average molecular weight is 357 g/mol. The highest BCUT2D eigenvalue weighted by atomic mass is 16.2. The summed E-state index contributed by atoms with van der Waals surface area (Å²) in [5.74, 6) is 0.817. The number of piperidine rings is 1. The first kappa shape index (κ1) is 18.9. The second-order valence-corrected chi connectivity index (χ2v) is 8.14. The van der Waals surface area contributed by atoms with Crippen LogP contribution >= 0.6 is 0 Å². The van der Waals surface area contributed by atoms with Gasteiger partial charge >= 0.3 is 0 Å². The van der Waals surface area contributed by atoms with Gasteiger partial charge in [0.1, 0.15) is 0 Å². The van der Waals surface area contributed by atoms with Gasteiger partial charge in [0.2, 0.25) is 11.8 Å². The zero-order valence-electron chi connectivity index (χ0n) is 16.3. The fraction of sp³-hybridized carbons (Fsp3) is 0.619. The van der Waals surface area contributed by atoms with E-state index in [0.29, 0.717) is 25.6 Å². The first-order valence-electron chi connectivity index (χ1n) is 9.75. The first-order chi connectivity index (χ1) is 12.4. The molecule has 2 aliphatic rings. The number of carbonyl (C=O) groups is 2. The maximum atomic E-state index is 13.2. The second kappa shape index (κ2) is 7.78. The van der Waals surface area contributed by atoms with Gasteiger partial charge < -0.3 is 10.2 Å². The smallest absolute Gasteiger partial charge is 0.233 e. The van der Waals surface area contributed by atoms with Crippen LogP contribution in [0.15, 0.2) is 24.3 Å². The molecule has 1 atom stereocenters. The predicted octanol–water partition coefficient (Wildman–Crippen LogP) is 2.37. The van der Waals surface area contributed by atoms with E-state index in [9.17, 15) is 9.59 Å². The molecule has 0 bridgehead atoms. The molecule has 2 aliphatic heterocycles. The highest BCUT2D eigenvalue weighted by Gasteiger charge is 2.48. The van der Waals surface area contributed by atoms with E-state index in [1.807, 2.05) is 4.90 Å². The molecule has 2 saturated heterocycles. The Bertz CT molecular complexity index is 656. The van der Waals surface area contributed by atoms with Crippen LogP contribution in [-0.2, 0) is 16.1 Å². The second-order valence-electron chi connectivity index (χ2n) is 8.14. The summed E-state index contributed by atoms with van der Waals surface area (Å²) < 4.78 is 0. The lowest BCUT2D eigenvalue weighted by atomic mass is 9.78. The molecule has 5 heteroatoms. The number of benzene rings is 1. The molecule has 1 aromatic carbocycles. The minimum atomic E-state index is -0.288. The maximum Gasteiger partial charge on any atom is 0.233 e. The zero-order chi connectivity index (χ0) is 18.7. The number of likely N-dealkylation sites (tertiary alicyclic amines) is 2. The summed E-state index contributed by atoms with van der Waals surface area (Å²) in [6.07, 6.45) is 2.86. The lowest BCUT2D eigenvalue weighted by Gasteiger charge is -2.39. The van der Waals surface area contributed by atoms with E-state index in [1.165, 1.54) is 11.1 Å². The molecule has 0 unspecified atom stereocenters. The highest BCUT2D eigenvalue weighted by Crippen LogP contribution is 2.40. The normalized spacial score (nSPS) is 23.8. The van der Waals surface area contributed by atoms with Gasteiger partial charge in [-0.2, -0.15) is 0 Å². The van der Waals surface area contributed by atoms with Crippen molar-refractivity contribution in [2.24, 2.45) is 5.41 Å². The SMILES string of the molecule is CNC(=O)CN1CC[C@@]2(CCCN(Cc3ccc(C(C)C)cc3)C2=O)C1. The van der Waals surface area contributed by atoms with Gasteiger partial charge in [-0.1, -0.05) is 38.1 Å². The highest BCUT2D eigenvalue weighted by molar-refractivity contribution is 5.84. The number of hydrogen-bond donors (Lipinski definition) is 1. The van der Waals surface area contributed by atoms with Crippen molar-refractivity contribution in [2.45, 2.75) is 45.6 Å². The Labute approximate surface area is 156 Å². The predicted molar refractivity (Wildman–Crippen MR) is 103 cm³/mol. The monoisotopic (exact) mass is 357 g/mol. The fourth-order valence-electron chi connectivity index (χ4n) is 4.29. The van der Waals surface area contributed by atoms with E-state index >= 15 is 0 Å². The van der Waals surface area contributed by atoms with Crippen molar-refractivity contribution >= 4 is 11.8 Å². The van der Waals surface area contributed by atoms with Crippen LogP contribution in [0.25, 0.3) is 0 Å². The molecular formula is C21H31N3O2. The van der Waals surface area contributed by atoms with Crippen molar-refractivity contribution in [3.63, 3.8) is 0 Å². The van der Waals surface area contributed by atoms with Crippen molar-refractivity contribution in [1.82, 2.24) is 15.1 Å². The largest absolute Gasteiger partial charge is 0.358 e. The summed E-state index contributed by atoms with van der Waals surface area (Å²) in [4.78, 5) is 29.0. The third kappa shape index (κ3) is 3.93. The Balaban J connectivity index is 1.65. The molecule has 2 amide bonds. The molecule has 1 spiro atoms. The van der Waals surface area contributed by atoms with E-state index in [0.717, 1.165) is 32.4 Å². The third-order valence-electron chi connectivity index (χ3n) is 5.92. The number of likely N-dealkylation sites (N-methyl/N-ethyl adjacent to an activating group) is 1. The van der Waals surface area contributed by atoms with Gasteiger partial charge in [-0.05, 0) is 42.9 Å². The molecule has 3 rings (SSSR count). The van der Waals surface area contributed by atoms with Crippen LogP contribution in [-0.4, -0.2) is 54.8 Å². The number of nitrogens with zero attached hydrogens (tertiary/aromatic N) is 2. The topological polar surface area (TPSA) is 52.7 Å². The average Bonchev–Trinajstić information content (AvgIpc) is 3.03. The zero-order valence-corrected chi connectivity index (χ0v) is 16.3. The molecule has 1 N–H and O–H groups in total. The molecule has 2 fully saturated rings. The van der Waals surface area contributed by atoms with Crippen LogP contribution in [0.4, 0.5) is 0 Å². The van der Waals surface area contributed by atoms with Gasteiger partial charge in [0.25, 0.3) is 0 Å². The van der Waals surface area contributed by atoms with Crippen LogP contribution in [0.2, 0.25) is 0 Å². The summed E-state index contributed by atoms with van der Waals surface area (Å²) in [5, 5.41) is 2.67. The van der Waals surface area contributed by atoms with Gasteiger partial charge in [0.05, 0.1) is 12.0 Å². The fourth-order valence-corrected chi connectivity index (χ4v) is 4.29. The lowest BCUT2D eigenvalue weighted by Crippen LogP contribution is -2.50. The molecule has 0 saturated carbocycles. The van der Waals surface area contributed by atoms with Crippen molar-refractivity contribution in [3.05, 3.63) is 35.4 Å². The Morgan fingerprint density at radius 1 is 1.19 bits per heavy atom. The van der Waals surface area contributed by atoms with E-state index in [2.05, 4.69) is 48.3 Å². The van der Waals surface area contributed by atoms with E-state index < -0.39 is 0 Å². The number of hydrogen-bond acceptors (Lipinski definition) is 3. The number of carbonyl (C=O) groups excluding carboxylic acids is 2. The number of amides is 2. The Morgan fingerprint density at radius 2 is 1.92 bits per heavy atom. The van der Waals surface area contributed by atoms with Gasteiger partial charge in [-0.25, -0.2) is 0 Å². The molecule has 26 heavy (non-hydrogen) atoms. The van der Waals surface area contributed by atoms with E-state index in [-0.39, 0.29) is 17.2 Å². The molecule has 0 aliphatic carbocycles. The molecule has 1 aromatic rings. The number of nitrogens with one attached hydrogen (secondary N) is 1. The van der Waals surface area contributed by atoms with E-state index in [4.69, 9.17) is 0 Å². The van der Waals surface area contributed by atoms with Crippen molar-refractivity contribution < 1.29 is 9.59 Å². The van der Waals surface area contributed by atoms with Crippen LogP contribution in [0.1, 0.15) is 50.2 Å². The van der Waals surface area contributed by atoms with Gasteiger partial charge in [-0.3, -0.25) is 14.5 Å². The molecule has 0 radical (unpaired) electrons. The van der Waals surface area contributed by atoms with Crippen molar-refractivity contribution in [3.8, 4) is 0 Å². The Hall–Kier alpha value is -1.88. The Kier molecular flexibility index (Phi) is 5.66. The summed E-state index contributed by atoms with van der Waals surface area (Å²) >= 11 is 0. The lowest BCUT2D eigenvalue weighted by molar-refractivity contribution is -0.146. The molecule has 0 aromatic heterocycles. The molecular weight excluding hydrogens is 326 g/mol. The maximum absolute atomic E-state index is 13.2. The van der Waals surface area contributed by atoms with Gasteiger partial charge in [0.15, 0.2) is 0 Å². The summed E-state index contributed by atoms with van der Waals surface area (Å²) in [6.45, 7) is 7.84. The quantitative estimate of drug-likeness (QED) is 0.880. The van der Waals surface area contributed by atoms with Crippen molar-refractivity contribution in [1.29, 1.82) is 0 Å². The number of rotatable bonds is 5. The third-order valence-corrected chi connectivity index (χ3v) is 5.92. The molecule has 142 valence electrons. The van der Waals surface area contributed by atoms with Crippen LogP contribution in [0.5, 0.6) is 0 Å².